The lowest BCUT2D eigenvalue weighted by molar-refractivity contribution is 0.651. The summed E-state index contributed by atoms with van der Waals surface area (Å²) in [4.78, 5) is 4.42. The number of aryl methyl sites for hydroxylation is 1. The van der Waals surface area contributed by atoms with Crippen LogP contribution < -0.4 is 5.73 Å². The molecule has 0 aliphatic heterocycles. The Labute approximate surface area is 77.8 Å². The minimum atomic E-state index is 0.514. The van der Waals surface area contributed by atoms with Gasteiger partial charge in [0.15, 0.2) is 0 Å². The first-order chi connectivity index (χ1) is 5.65. The second-order valence-corrected chi connectivity index (χ2v) is 4.41. The summed E-state index contributed by atoms with van der Waals surface area (Å²) in [5, 5.41) is 1.97. The fourth-order valence-electron chi connectivity index (χ4n) is 1.38. The van der Waals surface area contributed by atoms with Crippen molar-refractivity contribution in [3.8, 4) is 0 Å². The molecule has 2 N–H and O–H groups in total. The maximum atomic E-state index is 5.83. The highest BCUT2D eigenvalue weighted by Crippen LogP contribution is 2.29. The van der Waals surface area contributed by atoms with Crippen LogP contribution in [0.25, 0.3) is 0 Å². The number of rotatable bonds is 3. The van der Waals surface area contributed by atoms with Gasteiger partial charge in [0.1, 0.15) is 5.00 Å². The Hall–Kier alpha value is -0.570. The maximum Gasteiger partial charge on any atom is 0.110 e. The molecule has 0 amide bonds. The summed E-state index contributed by atoms with van der Waals surface area (Å²) in [6.07, 6.45) is 2.37. The van der Waals surface area contributed by atoms with Crippen molar-refractivity contribution in [3.63, 3.8) is 0 Å². The minimum absolute atomic E-state index is 0.514. The third kappa shape index (κ3) is 1.97. The van der Waals surface area contributed by atoms with E-state index in [9.17, 15) is 0 Å². The van der Waals surface area contributed by atoms with E-state index < -0.39 is 0 Å². The average molecular weight is 184 g/mol. The Morgan fingerprint density at radius 2 is 2.25 bits per heavy atom. The highest BCUT2D eigenvalue weighted by atomic mass is 32.1. The van der Waals surface area contributed by atoms with Crippen molar-refractivity contribution in [2.24, 2.45) is 0 Å². The predicted molar refractivity (Wildman–Crippen MR) is 54.6 cm³/mol. The van der Waals surface area contributed by atoms with Gasteiger partial charge in [-0.25, -0.2) is 4.98 Å². The van der Waals surface area contributed by atoms with Crippen molar-refractivity contribution >= 4 is 16.3 Å². The minimum Gasteiger partial charge on any atom is -0.389 e. The molecule has 1 heterocycles. The van der Waals surface area contributed by atoms with Crippen molar-refractivity contribution in [3.05, 3.63) is 10.7 Å². The van der Waals surface area contributed by atoms with E-state index in [0.717, 1.165) is 15.7 Å². The first-order valence-electron chi connectivity index (χ1n) is 4.38. The van der Waals surface area contributed by atoms with Crippen molar-refractivity contribution in [2.45, 2.75) is 39.5 Å². The second-order valence-electron chi connectivity index (χ2n) is 3.17. The first-order valence-corrected chi connectivity index (χ1v) is 5.19. The molecule has 0 aromatic carbocycles. The zero-order chi connectivity index (χ0) is 9.14. The van der Waals surface area contributed by atoms with Gasteiger partial charge < -0.3 is 5.73 Å². The van der Waals surface area contributed by atoms with E-state index in [1.54, 1.807) is 11.3 Å². The number of hydrogen-bond acceptors (Lipinski definition) is 3. The van der Waals surface area contributed by atoms with Gasteiger partial charge in [-0.15, -0.1) is 11.3 Å². The molecule has 68 valence electrons. The van der Waals surface area contributed by atoms with Crippen molar-refractivity contribution < 1.29 is 0 Å². The lowest BCUT2D eigenvalue weighted by Gasteiger charge is -2.06. The normalized spacial score (nSPS) is 13.2. The van der Waals surface area contributed by atoms with Crippen LogP contribution in [0.5, 0.6) is 0 Å². The molecule has 0 saturated heterocycles. The van der Waals surface area contributed by atoms with Crippen LogP contribution in [0, 0.1) is 6.92 Å². The Bertz CT molecular complexity index is 255. The van der Waals surface area contributed by atoms with Gasteiger partial charge in [-0.3, -0.25) is 0 Å². The van der Waals surface area contributed by atoms with Crippen LogP contribution in [0.2, 0.25) is 0 Å². The summed E-state index contributed by atoms with van der Waals surface area (Å²) in [5.74, 6) is 0.514. The van der Waals surface area contributed by atoms with Crippen LogP contribution in [0.15, 0.2) is 0 Å². The molecule has 0 spiro atoms. The highest BCUT2D eigenvalue weighted by molar-refractivity contribution is 7.15. The largest absolute Gasteiger partial charge is 0.389 e. The molecule has 0 radical (unpaired) electrons. The number of nitrogens with two attached hydrogens (primary N) is 1. The monoisotopic (exact) mass is 184 g/mol. The standard InChI is InChI=1S/C9H16N2S/c1-4-5-6(2)8-9(10)12-7(3)11-8/h6H,4-5,10H2,1-3H3. The van der Waals surface area contributed by atoms with Crippen LogP contribution in [-0.2, 0) is 0 Å². The molecule has 2 nitrogen and oxygen atoms in total. The summed E-state index contributed by atoms with van der Waals surface area (Å²) >= 11 is 1.59. The van der Waals surface area contributed by atoms with Crippen LogP contribution in [0.3, 0.4) is 0 Å². The zero-order valence-electron chi connectivity index (χ0n) is 7.92. The molecule has 0 aliphatic rings. The molecule has 1 aromatic rings. The van der Waals surface area contributed by atoms with Crippen molar-refractivity contribution in [1.82, 2.24) is 4.98 Å². The van der Waals surface area contributed by atoms with Gasteiger partial charge in [0.05, 0.1) is 10.7 Å². The predicted octanol–water partition coefficient (Wildman–Crippen LogP) is 2.94. The van der Waals surface area contributed by atoms with Gasteiger partial charge in [0, 0.05) is 5.92 Å². The third-order valence-electron chi connectivity index (χ3n) is 1.98. The summed E-state index contributed by atoms with van der Waals surface area (Å²) in [5.41, 5.74) is 6.93. The number of hydrogen-bond donors (Lipinski definition) is 1. The average Bonchev–Trinajstić information content (AvgIpc) is 2.30. The lowest BCUT2D eigenvalue weighted by atomic mass is 10.0. The van der Waals surface area contributed by atoms with E-state index >= 15 is 0 Å². The molecule has 0 aliphatic carbocycles. The van der Waals surface area contributed by atoms with E-state index in [1.165, 1.54) is 12.8 Å². The van der Waals surface area contributed by atoms with E-state index in [2.05, 4.69) is 18.8 Å². The highest BCUT2D eigenvalue weighted by Gasteiger charge is 2.12. The topological polar surface area (TPSA) is 38.9 Å². The number of anilines is 1. The summed E-state index contributed by atoms with van der Waals surface area (Å²) in [7, 11) is 0. The van der Waals surface area contributed by atoms with E-state index in [1.807, 2.05) is 6.92 Å². The van der Waals surface area contributed by atoms with Crippen LogP contribution >= 0.6 is 11.3 Å². The molecule has 1 aromatic heterocycles. The van der Waals surface area contributed by atoms with E-state index in [4.69, 9.17) is 5.73 Å². The molecule has 0 saturated carbocycles. The van der Waals surface area contributed by atoms with Crippen LogP contribution in [0.4, 0.5) is 5.00 Å². The summed E-state index contributed by atoms with van der Waals surface area (Å²) in [6, 6.07) is 0. The summed E-state index contributed by atoms with van der Waals surface area (Å²) < 4.78 is 0. The first kappa shape index (κ1) is 9.52. The molecule has 1 unspecified atom stereocenters. The Kier molecular flexibility index (Phi) is 3.09. The Morgan fingerprint density at radius 3 is 2.67 bits per heavy atom. The van der Waals surface area contributed by atoms with Gasteiger partial charge in [-0.2, -0.15) is 0 Å². The van der Waals surface area contributed by atoms with Crippen LogP contribution in [-0.4, -0.2) is 4.98 Å². The fraction of sp³-hybridized carbons (Fsp3) is 0.667. The van der Waals surface area contributed by atoms with E-state index in [0.29, 0.717) is 5.92 Å². The van der Waals surface area contributed by atoms with Gasteiger partial charge in [0.2, 0.25) is 0 Å². The molecular formula is C9H16N2S. The molecule has 0 bridgehead atoms. The molecule has 0 fully saturated rings. The number of nitrogens with zero attached hydrogens (tertiary/aromatic N) is 1. The van der Waals surface area contributed by atoms with Crippen LogP contribution in [0.1, 0.15) is 43.3 Å². The smallest absolute Gasteiger partial charge is 0.110 e. The SMILES string of the molecule is CCCC(C)c1nc(C)sc1N. The van der Waals surface area contributed by atoms with Gasteiger partial charge in [-0.05, 0) is 13.3 Å². The number of aromatic nitrogens is 1. The zero-order valence-corrected chi connectivity index (χ0v) is 8.74. The molecule has 3 heteroatoms. The Morgan fingerprint density at radius 1 is 1.58 bits per heavy atom. The maximum absolute atomic E-state index is 5.83. The number of thiazole rings is 1. The second kappa shape index (κ2) is 3.90. The molecule has 12 heavy (non-hydrogen) atoms. The molecule has 1 atom stereocenters. The Balaban J connectivity index is 2.79. The number of nitrogen functional groups attached to an aromatic ring is 1. The van der Waals surface area contributed by atoms with Crippen molar-refractivity contribution in [2.75, 3.05) is 5.73 Å². The quantitative estimate of drug-likeness (QED) is 0.784. The van der Waals surface area contributed by atoms with Gasteiger partial charge in [0.25, 0.3) is 0 Å². The van der Waals surface area contributed by atoms with E-state index in [-0.39, 0.29) is 0 Å². The summed E-state index contributed by atoms with van der Waals surface area (Å²) in [6.45, 7) is 6.38. The van der Waals surface area contributed by atoms with Gasteiger partial charge in [-0.1, -0.05) is 20.3 Å². The molecule has 1 rings (SSSR count). The van der Waals surface area contributed by atoms with Crippen molar-refractivity contribution in [1.29, 1.82) is 0 Å². The lowest BCUT2D eigenvalue weighted by Crippen LogP contribution is -1.97. The third-order valence-corrected chi connectivity index (χ3v) is 2.79. The van der Waals surface area contributed by atoms with Gasteiger partial charge >= 0.3 is 0 Å². The molecular weight excluding hydrogens is 168 g/mol. The fourth-order valence-corrected chi connectivity index (χ4v) is 2.20.